The molecule has 30 heavy (non-hydrogen) atoms. The van der Waals surface area contributed by atoms with Crippen LogP contribution in [0.5, 0.6) is 0 Å². The van der Waals surface area contributed by atoms with Crippen LogP contribution in [0.1, 0.15) is 31.1 Å². The number of para-hydroxylation sites is 2. The van der Waals surface area contributed by atoms with Gasteiger partial charge in [-0.1, -0.05) is 12.1 Å². The molecule has 152 valence electrons. The summed E-state index contributed by atoms with van der Waals surface area (Å²) in [6, 6.07) is 11.4. The molecule has 0 radical (unpaired) electrons. The van der Waals surface area contributed by atoms with Gasteiger partial charge in [0.25, 0.3) is 5.56 Å². The number of hydrogen-bond donors (Lipinski definition) is 1. The Morgan fingerprint density at radius 3 is 2.77 bits per heavy atom. The highest BCUT2D eigenvalue weighted by molar-refractivity contribution is 5.77. The second kappa shape index (κ2) is 7.70. The van der Waals surface area contributed by atoms with Crippen LogP contribution in [0.15, 0.2) is 53.7 Å². The maximum Gasteiger partial charge on any atom is 0.263 e. The molecule has 4 heterocycles. The van der Waals surface area contributed by atoms with Gasteiger partial charge in [0.1, 0.15) is 12.2 Å². The molecule has 0 unspecified atom stereocenters. The number of fused-ring (bicyclic) bond motifs is 2. The molecule has 3 aromatic heterocycles. The molecular weight excluding hydrogens is 380 g/mol. The van der Waals surface area contributed by atoms with Crippen molar-refractivity contribution in [1.82, 2.24) is 29.4 Å². The third kappa shape index (κ3) is 3.45. The number of aryl methyl sites for hydroxylation is 1. The van der Waals surface area contributed by atoms with Crippen LogP contribution in [0, 0.1) is 0 Å². The molecule has 1 saturated heterocycles. The number of aromatic amines is 1. The van der Waals surface area contributed by atoms with E-state index in [0.717, 1.165) is 29.7 Å². The van der Waals surface area contributed by atoms with Gasteiger partial charge in [0.15, 0.2) is 5.65 Å². The topological polar surface area (TPSA) is 96.8 Å². The van der Waals surface area contributed by atoms with Crippen LogP contribution in [0.25, 0.3) is 22.1 Å². The Morgan fingerprint density at radius 1 is 1.10 bits per heavy atom. The monoisotopic (exact) mass is 402 g/mol. The smallest absolute Gasteiger partial charge is 0.263 e. The largest absolute Gasteiger partial charge is 0.343 e. The molecule has 1 amide bonds. The number of carbonyl (C=O) groups excluding carboxylic acids is 1. The Kier molecular flexibility index (Phi) is 4.74. The van der Waals surface area contributed by atoms with E-state index in [2.05, 4.69) is 19.9 Å². The fraction of sp³-hybridized carbons (Fsp3) is 0.318. The number of carbonyl (C=O) groups is 1. The average Bonchev–Trinajstić information content (AvgIpc) is 3.21. The number of nitrogens with one attached hydrogen (secondary N) is 1. The maximum absolute atomic E-state index is 12.8. The Morgan fingerprint density at radius 2 is 1.93 bits per heavy atom. The van der Waals surface area contributed by atoms with E-state index in [9.17, 15) is 9.59 Å². The summed E-state index contributed by atoms with van der Waals surface area (Å²) in [7, 11) is 0. The number of hydrogen-bond acceptors (Lipinski definition) is 5. The zero-order valence-electron chi connectivity index (χ0n) is 16.5. The summed E-state index contributed by atoms with van der Waals surface area (Å²) < 4.78 is 1.69. The number of H-pyrrole nitrogens is 1. The lowest BCUT2D eigenvalue weighted by Crippen LogP contribution is -2.41. The third-order valence-electron chi connectivity index (χ3n) is 5.78. The Balaban J connectivity index is 1.21. The summed E-state index contributed by atoms with van der Waals surface area (Å²) in [5.74, 6) is 0.962. The molecule has 8 heteroatoms. The first-order valence-electron chi connectivity index (χ1n) is 10.2. The van der Waals surface area contributed by atoms with Crippen molar-refractivity contribution in [3.05, 3.63) is 65.1 Å². The molecule has 1 N–H and O–H groups in total. The van der Waals surface area contributed by atoms with Gasteiger partial charge in [-0.15, -0.1) is 0 Å². The zero-order valence-corrected chi connectivity index (χ0v) is 16.5. The second-order valence-corrected chi connectivity index (χ2v) is 7.64. The van der Waals surface area contributed by atoms with E-state index in [0.29, 0.717) is 37.0 Å². The first-order valence-corrected chi connectivity index (χ1v) is 10.2. The molecular formula is C22H22N6O2. The normalized spacial score (nSPS) is 15.1. The highest BCUT2D eigenvalue weighted by atomic mass is 16.2. The fourth-order valence-electron chi connectivity index (χ4n) is 4.14. The molecule has 1 aliphatic heterocycles. The Bertz CT molecular complexity index is 1240. The molecule has 0 aliphatic carbocycles. The first kappa shape index (κ1) is 18.5. The standard InChI is InChI=1S/C22H22N6O2/c29-20(8-7-19-25-17-5-1-2-6-18(17)26-19)27-12-9-15(10-13-27)28-14-24-21-16(22(28)30)4-3-11-23-21/h1-6,11,14-15H,7-10,12-13H2,(H,25,26). The van der Waals surface area contributed by atoms with E-state index in [1.807, 2.05) is 29.2 Å². The first-order chi connectivity index (χ1) is 14.7. The number of pyridine rings is 1. The van der Waals surface area contributed by atoms with Gasteiger partial charge in [-0.25, -0.2) is 15.0 Å². The third-order valence-corrected chi connectivity index (χ3v) is 5.78. The van der Waals surface area contributed by atoms with Gasteiger partial charge >= 0.3 is 0 Å². The second-order valence-electron chi connectivity index (χ2n) is 7.64. The number of piperidine rings is 1. The fourth-order valence-corrected chi connectivity index (χ4v) is 4.14. The average molecular weight is 402 g/mol. The van der Waals surface area contributed by atoms with Crippen LogP contribution < -0.4 is 5.56 Å². The minimum atomic E-state index is -0.0669. The highest BCUT2D eigenvalue weighted by Gasteiger charge is 2.25. The zero-order chi connectivity index (χ0) is 20.5. The highest BCUT2D eigenvalue weighted by Crippen LogP contribution is 2.22. The van der Waals surface area contributed by atoms with E-state index in [1.54, 1.807) is 29.2 Å². The number of rotatable bonds is 4. The summed E-state index contributed by atoms with van der Waals surface area (Å²) in [4.78, 5) is 43.6. The minimum absolute atomic E-state index is 0.0500. The van der Waals surface area contributed by atoms with Crippen LogP contribution in [0.4, 0.5) is 0 Å². The van der Waals surface area contributed by atoms with Crippen LogP contribution in [0.2, 0.25) is 0 Å². The van der Waals surface area contributed by atoms with Crippen molar-refractivity contribution in [3.8, 4) is 0 Å². The van der Waals surface area contributed by atoms with Crippen molar-refractivity contribution in [2.75, 3.05) is 13.1 Å². The summed E-state index contributed by atoms with van der Waals surface area (Å²) in [6.45, 7) is 1.28. The van der Waals surface area contributed by atoms with Crippen molar-refractivity contribution in [1.29, 1.82) is 0 Å². The van der Waals surface area contributed by atoms with E-state index < -0.39 is 0 Å². The van der Waals surface area contributed by atoms with E-state index in [1.165, 1.54) is 0 Å². The van der Waals surface area contributed by atoms with Crippen molar-refractivity contribution in [2.24, 2.45) is 0 Å². The van der Waals surface area contributed by atoms with Gasteiger partial charge in [0.2, 0.25) is 5.91 Å². The van der Waals surface area contributed by atoms with Crippen LogP contribution in [-0.4, -0.2) is 48.4 Å². The molecule has 0 spiro atoms. The van der Waals surface area contributed by atoms with Crippen molar-refractivity contribution in [2.45, 2.75) is 31.7 Å². The SMILES string of the molecule is O=C(CCc1nc2ccccc2[nH]1)N1CCC(n2cnc3ncccc3c2=O)CC1. The number of amides is 1. The molecule has 1 fully saturated rings. The molecule has 0 atom stereocenters. The van der Waals surface area contributed by atoms with E-state index in [-0.39, 0.29) is 17.5 Å². The Hall–Kier alpha value is -3.55. The van der Waals surface area contributed by atoms with Gasteiger partial charge in [0, 0.05) is 38.2 Å². The van der Waals surface area contributed by atoms with E-state index >= 15 is 0 Å². The number of benzene rings is 1. The summed E-state index contributed by atoms with van der Waals surface area (Å²) in [5, 5.41) is 0.532. The Labute approximate surface area is 172 Å². The number of imidazole rings is 1. The van der Waals surface area contributed by atoms with Gasteiger partial charge < -0.3 is 9.88 Å². The predicted molar refractivity (Wildman–Crippen MR) is 113 cm³/mol. The lowest BCUT2D eigenvalue weighted by molar-refractivity contribution is -0.132. The molecule has 0 saturated carbocycles. The molecule has 1 aliphatic rings. The van der Waals surface area contributed by atoms with Crippen LogP contribution in [0.3, 0.4) is 0 Å². The molecule has 1 aromatic carbocycles. The van der Waals surface area contributed by atoms with Gasteiger partial charge in [0.05, 0.1) is 16.4 Å². The maximum atomic E-state index is 12.8. The lowest BCUT2D eigenvalue weighted by Gasteiger charge is -2.32. The van der Waals surface area contributed by atoms with Crippen molar-refractivity contribution in [3.63, 3.8) is 0 Å². The van der Waals surface area contributed by atoms with E-state index in [4.69, 9.17) is 0 Å². The summed E-state index contributed by atoms with van der Waals surface area (Å²) >= 11 is 0. The molecule has 5 rings (SSSR count). The molecule has 0 bridgehead atoms. The quantitative estimate of drug-likeness (QED) is 0.566. The number of nitrogens with zero attached hydrogens (tertiary/aromatic N) is 5. The minimum Gasteiger partial charge on any atom is -0.343 e. The molecule has 4 aromatic rings. The predicted octanol–water partition coefficient (Wildman–Crippen LogP) is 2.46. The summed E-state index contributed by atoms with van der Waals surface area (Å²) in [5.41, 5.74) is 2.32. The molecule has 8 nitrogen and oxygen atoms in total. The lowest BCUT2D eigenvalue weighted by atomic mass is 10.0. The van der Waals surface area contributed by atoms with Crippen LogP contribution >= 0.6 is 0 Å². The number of aromatic nitrogens is 5. The van der Waals surface area contributed by atoms with Gasteiger partial charge in [-0.05, 0) is 37.1 Å². The van der Waals surface area contributed by atoms with Gasteiger partial charge in [-0.3, -0.25) is 14.2 Å². The van der Waals surface area contributed by atoms with Crippen molar-refractivity contribution < 1.29 is 4.79 Å². The van der Waals surface area contributed by atoms with Gasteiger partial charge in [-0.2, -0.15) is 0 Å². The number of likely N-dealkylation sites (tertiary alicyclic amines) is 1. The summed E-state index contributed by atoms with van der Waals surface area (Å²) in [6.07, 6.45) is 5.71. The van der Waals surface area contributed by atoms with Crippen molar-refractivity contribution >= 4 is 28.0 Å². The van der Waals surface area contributed by atoms with Crippen LogP contribution in [-0.2, 0) is 11.2 Å².